The smallest absolute Gasteiger partial charge is 0.0953 e. The van der Waals surface area contributed by atoms with Crippen LogP contribution in [0.25, 0.3) is 78.7 Å². The topological polar surface area (TPSA) is 81.4 Å². The van der Waals surface area contributed by atoms with Crippen LogP contribution in [-0.4, -0.2) is 19.9 Å². The first-order chi connectivity index (χ1) is 40.1. The van der Waals surface area contributed by atoms with Crippen LogP contribution in [0.2, 0.25) is 0 Å². The van der Waals surface area contributed by atoms with Gasteiger partial charge in [-0.15, -0.1) is 11.3 Å². The number of rotatable bonds is 4. The standard InChI is InChI=1S/C80H98N6S/c1-73(2,3)49-31-45(32-50(39-49)74(4,5)6)65-57-25-26-58(81-57)66(46-33-51(75(7,8)9)40-52(34-46)76(10,11)12)60-28-30-62(83-60)68(48-37-55(79(19,20)21)42-56(38-48)80(22,23)24)70-72-71(84-63-43-87-44-64(63)85-72)69(86-70)67(61-29-27-59(65)82-61)47-35-53(77(13,14)15)41-54(36-47)78(16,17)18/h25-44,71-72,82-85H,1-24H3. The van der Waals surface area contributed by atoms with Crippen LogP contribution in [0.15, 0.2) is 108 Å². The van der Waals surface area contributed by atoms with Gasteiger partial charge in [-0.2, -0.15) is 0 Å². The number of benzene rings is 4. The maximum absolute atomic E-state index is 6.27. The number of H-pyrrole nitrogens is 2. The number of fused-ring (bicyclic) bond motifs is 12. The van der Waals surface area contributed by atoms with Crippen molar-refractivity contribution in [2.24, 2.45) is 0 Å². The molecule has 4 aromatic carbocycles. The van der Waals surface area contributed by atoms with E-state index in [2.05, 4.69) is 307 Å². The Morgan fingerprint density at radius 3 is 0.770 bits per heavy atom. The Hall–Kier alpha value is -6.96. The van der Waals surface area contributed by atoms with Crippen molar-refractivity contribution in [1.82, 2.24) is 19.9 Å². The molecule has 4 aromatic heterocycles. The minimum atomic E-state index is -0.258. The largest absolute Gasteiger partial charge is 0.372 e. The lowest BCUT2D eigenvalue weighted by Crippen LogP contribution is -2.26. The zero-order valence-corrected chi connectivity index (χ0v) is 57.8. The molecule has 0 fully saturated rings. The molecule has 11 rings (SSSR count). The number of nitrogens with one attached hydrogen (secondary N) is 4. The maximum Gasteiger partial charge on any atom is 0.0953 e. The molecule has 4 N–H and O–H groups in total. The number of thiophene rings is 1. The molecule has 2 atom stereocenters. The summed E-state index contributed by atoms with van der Waals surface area (Å²) < 4.78 is 0. The van der Waals surface area contributed by atoms with Gasteiger partial charge >= 0.3 is 0 Å². The average Bonchev–Trinajstić information content (AvgIpc) is 1.67. The van der Waals surface area contributed by atoms with Crippen LogP contribution >= 0.6 is 11.3 Å². The van der Waals surface area contributed by atoms with Crippen molar-refractivity contribution < 1.29 is 0 Å². The SMILES string of the molecule is CC(C)(C)c1cc(-c2c3nc(c(-c4cc(C(C)(C)C)cc(C(C)(C)C)c4)c4ccc([nH]4)c(-c4cc(C(C)(C)C)cc(C(C)(C)C)c4)c4nc(c(-c5cc(C(C)(C)C)cc(C(C)(C)C)c5)c5ccc2[nH]5)C2Nc5cscc5NC42)C=C3)cc(C(C)(C)C)c1. The maximum atomic E-state index is 6.27. The van der Waals surface area contributed by atoms with E-state index < -0.39 is 0 Å². The van der Waals surface area contributed by atoms with Crippen LogP contribution < -0.4 is 10.6 Å². The summed E-state index contributed by atoms with van der Waals surface area (Å²) >= 11 is 1.73. The molecule has 3 aliphatic heterocycles. The highest BCUT2D eigenvalue weighted by Gasteiger charge is 2.41. The second-order valence-corrected chi connectivity index (χ2v) is 34.6. The zero-order valence-electron chi connectivity index (χ0n) is 57.0. The molecule has 0 spiro atoms. The molecule has 0 radical (unpaired) electrons. The van der Waals surface area contributed by atoms with Crippen LogP contribution in [0, 0.1) is 0 Å². The lowest BCUT2D eigenvalue weighted by Gasteiger charge is -2.32. The first kappa shape index (κ1) is 61.7. The monoisotopic (exact) mass is 1170 g/mol. The van der Waals surface area contributed by atoms with E-state index >= 15 is 0 Å². The van der Waals surface area contributed by atoms with Crippen molar-refractivity contribution in [2.75, 3.05) is 10.6 Å². The first-order valence-corrected chi connectivity index (χ1v) is 32.8. The molecular formula is C80H98N6S. The van der Waals surface area contributed by atoms with E-state index in [1.165, 1.54) is 44.5 Å². The minimum absolute atomic E-state index is 0.119. The Morgan fingerprint density at radius 2 is 0.529 bits per heavy atom. The Kier molecular flexibility index (Phi) is 14.8. The van der Waals surface area contributed by atoms with Gasteiger partial charge in [0.15, 0.2) is 0 Å². The quantitative estimate of drug-likeness (QED) is 0.142. The molecule has 7 heteroatoms. The van der Waals surface area contributed by atoms with Crippen molar-refractivity contribution in [1.29, 1.82) is 0 Å². The summed E-state index contributed by atoms with van der Waals surface area (Å²) in [4.78, 5) is 20.7. The van der Waals surface area contributed by atoms with Crippen LogP contribution in [0.4, 0.5) is 11.4 Å². The molecule has 454 valence electrons. The Morgan fingerprint density at radius 1 is 0.299 bits per heavy atom. The Bertz CT molecular complexity index is 3850. The van der Waals surface area contributed by atoms with Crippen molar-refractivity contribution in [3.05, 3.63) is 175 Å². The molecule has 0 amide bonds. The number of aromatic amines is 2. The van der Waals surface area contributed by atoms with Gasteiger partial charge < -0.3 is 20.6 Å². The fraction of sp³-hybridized carbons (Fsp3) is 0.425. The summed E-state index contributed by atoms with van der Waals surface area (Å²) in [7, 11) is 0. The normalized spacial score (nSPS) is 16.0. The third-order valence-electron chi connectivity index (χ3n) is 18.4. The molecule has 3 aliphatic rings. The number of nitrogens with zero attached hydrogens (tertiary/aromatic N) is 2. The van der Waals surface area contributed by atoms with E-state index in [4.69, 9.17) is 9.97 Å². The average molecular weight is 1180 g/mol. The van der Waals surface area contributed by atoms with Crippen molar-refractivity contribution in [2.45, 2.75) is 222 Å². The molecule has 2 unspecified atom stereocenters. The van der Waals surface area contributed by atoms with E-state index in [0.29, 0.717) is 0 Å². The van der Waals surface area contributed by atoms with E-state index in [9.17, 15) is 0 Å². The van der Waals surface area contributed by atoms with Gasteiger partial charge in [0, 0.05) is 55.1 Å². The first-order valence-electron chi connectivity index (χ1n) is 31.8. The minimum Gasteiger partial charge on any atom is -0.372 e. The van der Waals surface area contributed by atoms with Crippen molar-refractivity contribution in [3.8, 4) is 44.5 Å². The number of hydrogen-bond acceptors (Lipinski definition) is 5. The molecule has 0 aliphatic carbocycles. The summed E-state index contributed by atoms with van der Waals surface area (Å²) in [5, 5.41) is 12.8. The van der Waals surface area contributed by atoms with Gasteiger partial charge in [0.05, 0.1) is 46.2 Å². The second-order valence-electron chi connectivity index (χ2n) is 33.8. The summed E-state index contributed by atoms with van der Waals surface area (Å²) in [5.74, 6) is 0. The van der Waals surface area contributed by atoms with Crippen LogP contribution in [0.1, 0.15) is 246 Å². The molecule has 87 heavy (non-hydrogen) atoms. The van der Waals surface area contributed by atoms with Gasteiger partial charge in [-0.25, -0.2) is 4.98 Å². The number of anilines is 2. The number of hydrogen-bond donors (Lipinski definition) is 4. The zero-order chi connectivity index (χ0) is 63.3. The highest BCUT2D eigenvalue weighted by molar-refractivity contribution is 7.09. The third kappa shape index (κ3) is 12.0. The van der Waals surface area contributed by atoms with Crippen LogP contribution in [-0.2, 0) is 43.3 Å². The van der Waals surface area contributed by atoms with Crippen LogP contribution in [0.5, 0.6) is 0 Å². The predicted molar refractivity (Wildman–Crippen MR) is 378 cm³/mol. The van der Waals surface area contributed by atoms with Crippen LogP contribution in [0.3, 0.4) is 0 Å². The highest BCUT2D eigenvalue weighted by atomic mass is 32.1. The van der Waals surface area contributed by atoms with Gasteiger partial charge in [-0.1, -0.05) is 239 Å². The number of aromatic nitrogens is 4. The van der Waals surface area contributed by atoms with E-state index in [1.54, 1.807) is 11.3 Å². The summed E-state index contributed by atoms with van der Waals surface area (Å²) in [5.41, 5.74) is 28.1. The van der Waals surface area contributed by atoms with E-state index in [1.807, 2.05) is 0 Å². The summed E-state index contributed by atoms with van der Waals surface area (Å²) in [6, 6.07) is 38.0. The second kappa shape index (κ2) is 20.8. The highest BCUT2D eigenvalue weighted by Crippen LogP contribution is 2.53. The Labute approximate surface area is 525 Å². The van der Waals surface area contributed by atoms with Gasteiger partial charge in [0.1, 0.15) is 0 Å². The molecule has 0 saturated carbocycles. The van der Waals surface area contributed by atoms with Crippen molar-refractivity contribution >= 4 is 56.9 Å². The molecular weight excluding hydrogens is 1080 g/mol. The molecule has 8 aromatic rings. The molecule has 0 saturated heterocycles. The molecule has 8 bridgehead atoms. The fourth-order valence-electron chi connectivity index (χ4n) is 12.5. The van der Waals surface area contributed by atoms with Gasteiger partial charge in [-0.3, -0.25) is 4.98 Å². The lowest BCUT2D eigenvalue weighted by atomic mass is 9.78. The lowest BCUT2D eigenvalue weighted by molar-refractivity contribution is 0.568. The van der Waals surface area contributed by atoms with Crippen molar-refractivity contribution in [3.63, 3.8) is 0 Å². The van der Waals surface area contributed by atoms with Gasteiger partial charge in [0.25, 0.3) is 0 Å². The van der Waals surface area contributed by atoms with Gasteiger partial charge in [-0.05, 0) is 146 Å². The fourth-order valence-corrected chi connectivity index (χ4v) is 13.2. The molecule has 6 nitrogen and oxygen atoms in total. The Balaban J connectivity index is 1.42. The summed E-state index contributed by atoms with van der Waals surface area (Å²) in [6.07, 6.45) is 4.54. The third-order valence-corrected chi connectivity index (χ3v) is 19.1. The van der Waals surface area contributed by atoms with Gasteiger partial charge in [0.2, 0.25) is 0 Å². The van der Waals surface area contributed by atoms with E-state index in [0.717, 1.165) is 101 Å². The predicted octanol–water partition coefficient (Wildman–Crippen LogP) is 22.9. The molecule has 7 heterocycles. The van der Waals surface area contributed by atoms with E-state index in [-0.39, 0.29) is 55.4 Å². The summed E-state index contributed by atoms with van der Waals surface area (Å²) in [6.45, 7) is 56.0.